The van der Waals surface area contributed by atoms with Gasteiger partial charge >= 0.3 is 0 Å². The average Bonchev–Trinajstić information content (AvgIpc) is 3.66. The fraction of sp³-hybridized carbons (Fsp3) is 0.0800. The number of fused-ring (bicyclic) bond motifs is 1. The molecular weight excluding hydrogens is 448 g/mol. The molecule has 0 bridgehead atoms. The van der Waals surface area contributed by atoms with E-state index < -0.39 is 0 Å². The van der Waals surface area contributed by atoms with E-state index in [1.165, 1.54) is 0 Å². The molecule has 6 rings (SSSR count). The van der Waals surface area contributed by atoms with Crippen molar-refractivity contribution in [1.82, 2.24) is 25.3 Å². The Bertz CT molecular complexity index is 1510. The topological polar surface area (TPSA) is 128 Å². The summed E-state index contributed by atoms with van der Waals surface area (Å²) in [6.45, 7) is 0.195. The Kier molecular flexibility index (Phi) is 5.15. The van der Waals surface area contributed by atoms with Crippen LogP contribution in [0.1, 0.15) is 21.9 Å². The van der Waals surface area contributed by atoms with Gasteiger partial charge in [0.05, 0.1) is 12.1 Å². The number of pyridine rings is 1. The number of aromatic amines is 1. The first-order valence-corrected chi connectivity index (χ1v) is 10.8. The van der Waals surface area contributed by atoms with Crippen molar-refractivity contribution in [2.24, 2.45) is 0 Å². The van der Waals surface area contributed by atoms with Crippen molar-refractivity contribution < 1.29 is 18.8 Å². The van der Waals surface area contributed by atoms with Gasteiger partial charge < -0.3 is 19.3 Å². The molecule has 5 aromatic rings. The monoisotopic (exact) mass is 466 g/mol. The smallest absolute Gasteiger partial charge is 0.273 e. The standard InChI is InChI=1S/C25H18N6O4/c32-25(20-13-19(29-30-20)17-5-6-21-22(11-17)34-14-33-21)27-18-4-2-1-3-16(18)12-23-28-24(31-35-23)15-7-9-26-10-8-15/h1-11,13H,12,14H2,(H,27,32)(H,29,30). The van der Waals surface area contributed by atoms with Gasteiger partial charge in [-0.15, -0.1) is 0 Å². The van der Waals surface area contributed by atoms with Gasteiger partial charge in [-0.3, -0.25) is 14.9 Å². The summed E-state index contributed by atoms with van der Waals surface area (Å²) in [5.74, 6) is 1.94. The summed E-state index contributed by atoms with van der Waals surface area (Å²) in [6, 6.07) is 18.3. The van der Waals surface area contributed by atoms with Crippen LogP contribution in [0.3, 0.4) is 0 Å². The van der Waals surface area contributed by atoms with Crippen LogP contribution in [0, 0.1) is 0 Å². The van der Waals surface area contributed by atoms with E-state index in [-0.39, 0.29) is 12.7 Å². The number of hydrogen-bond donors (Lipinski definition) is 2. The number of hydrogen-bond acceptors (Lipinski definition) is 8. The van der Waals surface area contributed by atoms with Gasteiger partial charge in [-0.05, 0) is 48.0 Å². The van der Waals surface area contributed by atoms with Crippen molar-refractivity contribution in [1.29, 1.82) is 0 Å². The number of ether oxygens (including phenoxy) is 2. The third-order valence-electron chi connectivity index (χ3n) is 5.50. The van der Waals surface area contributed by atoms with Crippen LogP contribution in [-0.4, -0.2) is 38.0 Å². The number of carbonyl (C=O) groups excluding carboxylic acids is 1. The van der Waals surface area contributed by atoms with E-state index in [4.69, 9.17) is 14.0 Å². The Labute approximate surface area is 198 Å². The molecule has 0 radical (unpaired) electrons. The predicted molar refractivity (Wildman–Crippen MR) is 125 cm³/mol. The summed E-state index contributed by atoms with van der Waals surface area (Å²) in [5.41, 5.74) is 4.04. The van der Waals surface area contributed by atoms with E-state index in [1.807, 2.05) is 54.6 Å². The number of para-hydroxylation sites is 1. The molecule has 0 fully saturated rings. The maximum absolute atomic E-state index is 13.0. The first kappa shape index (κ1) is 20.6. The molecule has 0 spiro atoms. The van der Waals surface area contributed by atoms with Gasteiger partial charge in [0, 0.05) is 29.2 Å². The van der Waals surface area contributed by atoms with Crippen LogP contribution < -0.4 is 14.8 Å². The molecule has 2 aromatic carbocycles. The number of carbonyl (C=O) groups is 1. The Morgan fingerprint density at radius 1 is 0.971 bits per heavy atom. The van der Waals surface area contributed by atoms with E-state index in [1.54, 1.807) is 18.5 Å². The molecular formula is C25H18N6O4. The summed E-state index contributed by atoms with van der Waals surface area (Å²) in [4.78, 5) is 21.4. The Morgan fingerprint density at radius 2 is 1.83 bits per heavy atom. The molecule has 1 aliphatic rings. The molecule has 0 saturated heterocycles. The second-order valence-corrected chi connectivity index (χ2v) is 7.77. The summed E-state index contributed by atoms with van der Waals surface area (Å²) >= 11 is 0. The molecule has 10 heteroatoms. The molecule has 3 aromatic heterocycles. The van der Waals surface area contributed by atoms with Crippen molar-refractivity contribution in [2.75, 3.05) is 12.1 Å². The SMILES string of the molecule is O=C(Nc1ccccc1Cc1nc(-c2ccncc2)no1)c1cc(-c2ccc3c(c2)OCO3)n[nH]1. The van der Waals surface area contributed by atoms with Gasteiger partial charge in [0.2, 0.25) is 18.5 Å². The van der Waals surface area contributed by atoms with Crippen LogP contribution in [0.15, 0.2) is 77.6 Å². The van der Waals surface area contributed by atoms with E-state index >= 15 is 0 Å². The van der Waals surface area contributed by atoms with Crippen molar-refractivity contribution >= 4 is 11.6 Å². The molecule has 1 aliphatic heterocycles. The molecule has 10 nitrogen and oxygen atoms in total. The average molecular weight is 466 g/mol. The lowest BCUT2D eigenvalue weighted by Gasteiger charge is -2.08. The molecule has 0 atom stereocenters. The van der Waals surface area contributed by atoms with Crippen LogP contribution >= 0.6 is 0 Å². The summed E-state index contributed by atoms with van der Waals surface area (Å²) < 4.78 is 16.2. The number of rotatable bonds is 6. The molecule has 4 heterocycles. The Hall–Kier alpha value is -4.99. The third kappa shape index (κ3) is 4.20. The van der Waals surface area contributed by atoms with E-state index in [2.05, 4.69) is 30.6 Å². The highest BCUT2D eigenvalue weighted by molar-refractivity contribution is 6.03. The first-order chi connectivity index (χ1) is 17.2. The lowest BCUT2D eigenvalue weighted by molar-refractivity contribution is 0.102. The minimum absolute atomic E-state index is 0.195. The number of nitrogens with one attached hydrogen (secondary N) is 2. The van der Waals surface area contributed by atoms with Crippen LogP contribution in [0.2, 0.25) is 0 Å². The van der Waals surface area contributed by atoms with Gasteiger partial charge in [0.25, 0.3) is 5.91 Å². The second-order valence-electron chi connectivity index (χ2n) is 7.77. The predicted octanol–water partition coefficient (Wildman–Crippen LogP) is 4.09. The molecule has 172 valence electrons. The maximum Gasteiger partial charge on any atom is 0.273 e. The van der Waals surface area contributed by atoms with Crippen molar-refractivity contribution in [3.63, 3.8) is 0 Å². The zero-order valence-electron chi connectivity index (χ0n) is 18.3. The fourth-order valence-electron chi connectivity index (χ4n) is 3.74. The summed E-state index contributed by atoms with van der Waals surface area (Å²) in [7, 11) is 0. The van der Waals surface area contributed by atoms with Crippen LogP contribution in [-0.2, 0) is 6.42 Å². The zero-order chi connectivity index (χ0) is 23.6. The zero-order valence-corrected chi connectivity index (χ0v) is 18.3. The Morgan fingerprint density at radius 3 is 2.74 bits per heavy atom. The molecule has 0 aliphatic carbocycles. The van der Waals surface area contributed by atoms with E-state index in [0.29, 0.717) is 46.7 Å². The van der Waals surface area contributed by atoms with Crippen LogP contribution in [0.5, 0.6) is 11.5 Å². The lowest BCUT2D eigenvalue weighted by atomic mass is 10.1. The number of H-pyrrole nitrogens is 1. The lowest BCUT2D eigenvalue weighted by Crippen LogP contribution is -2.14. The fourth-order valence-corrected chi connectivity index (χ4v) is 3.74. The number of aromatic nitrogens is 5. The van der Waals surface area contributed by atoms with Gasteiger partial charge in [-0.1, -0.05) is 23.4 Å². The van der Waals surface area contributed by atoms with Crippen molar-refractivity contribution in [3.05, 3.63) is 90.2 Å². The Balaban J connectivity index is 1.18. The van der Waals surface area contributed by atoms with Gasteiger partial charge in [-0.25, -0.2) is 0 Å². The summed E-state index contributed by atoms with van der Waals surface area (Å²) in [6.07, 6.45) is 3.70. The largest absolute Gasteiger partial charge is 0.454 e. The minimum Gasteiger partial charge on any atom is -0.454 e. The first-order valence-electron chi connectivity index (χ1n) is 10.8. The molecule has 0 saturated carbocycles. The maximum atomic E-state index is 13.0. The van der Waals surface area contributed by atoms with Crippen LogP contribution in [0.25, 0.3) is 22.6 Å². The highest BCUT2D eigenvalue weighted by atomic mass is 16.7. The molecule has 2 N–H and O–H groups in total. The van der Waals surface area contributed by atoms with Crippen molar-refractivity contribution in [2.45, 2.75) is 6.42 Å². The number of nitrogens with zero attached hydrogens (tertiary/aromatic N) is 4. The van der Waals surface area contributed by atoms with Crippen molar-refractivity contribution in [3.8, 4) is 34.1 Å². The second kappa shape index (κ2) is 8.75. The van der Waals surface area contributed by atoms with Gasteiger partial charge in [0.1, 0.15) is 5.69 Å². The highest BCUT2D eigenvalue weighted by Crippen LogP contribution is 2.35. The van der Waals surface area contributed by atoms with E-state index in [0.717, 1.165) is 16.7 Å². The third-order valence-corrected chi connectivity index (χ3v) is 5.50. The van der Waals surface area contributed by atoms with Gasteiger partial charge in [0.15, 0.2) is 11.5 Å². The summed E-state index contributed by atoms with van der Waals surface area (Å²) in [5, 5.41) is 14.1. The molecule has 0 unspecified atom stereocenters. The quantitative estimate of drug-likeness (QED) is 0.383. The number of anilines is 1. The highest BCUT2D eigenvalue weighted by Gasteiger charge is 2.18. The number of benzene rings is 2. The normalized spacial score (nSPS) is 12.0. The molecule has 35 heavy (non-hydrogen) atoms. The number of amides is 1. The minimum atomic E-state index is -0.319. The molecule has 1 amide bonds. The van der Waals surface area contributed by atoms with Gasteiger partial charge in [-0.2, -0.15) is 10.1 Å². The van der Waals surface area contributed by atoms with Crippen LogP contribution in [0.4, 0.5) is 5.69 Å². The van der Waals surface area contributed by atoms with E-state index in [9.17, 15) is 4.79 Å².